The van der Waals surface area contributed by atoms with E-state index in [1.165, 1.54) is 18.1 Å². The van der Waals surface area contributed by atoms with E-state index in [-0.39, 0.29) is 23.6 Å². The summed E-state index contributed by atoms with van der Waals surface area (Å²) in [5.41, 5.74) is 3.29. The summed E-state index contributed by atoms with van der Waals surface area (Å²) in [5, 5.41) is 5.81. The maximum Gasteiger partial charge on any atom is 0.257 e. The van der Waals surface area contributed by atoms with E-state index in [2.05, 4.69) is 17.6 Å². The van der Waals surface area contributed by atoms with Gasteiger partial charge in [-0.25, -0.2) is 0 Å². The van der Waals surface area contributed by atoms with E-state index < -0.39 is 0 Å². The van der Waals surface area contributed by atoms with Crippen LogP contribution in [0.1, 0.15) is 46.0 Å². The van der Waals surface area contributed by atoms with Crippen LogP contribution in [0.2, 0.25) is 0 Å². The van der Waals surface area contributed by atoms with Crippen molar-refractivity contribution in [3.05, 3.63) is 83.8 Å². The van der Waals surface area contributed by atoms with Gasteiger partial charge in [0.15, 0.2) is 0 Å². The van der Waals surface area contributed by atoms with Gasteiger partial charge in [-0.2, -0.15) is 0 Å². The molecular formula is C26H27N3O4. The van der Waals surface area contributed by atoms with Crippen molar-refractivity contribution in [1.82, 2.24) is 4.90 Å². The molecule has 2 aromatic carbocycles. The van der Waals surface area contributed by atoms with Gasteiger partial charge in [0.1, 0.15) is 6.26 Å². The summed E-state index contributed by atoms with van der Waals surface area (Å²) in [7, 11) is 0. The van der Waals surface area contributed by atoms with Gasteiger partial charge in [0.2, 0.25) is 5.91 Å². The van der Waals surface area contributed by atoms with Crippen molar-refractivity contribution in [2.24, 2.45) is 5.92 Å². The topological polar surface area (TPSA) is 91.7 Å². The van der Waals surface area contributed by atoms with Gasteiger partial charge in [-0.15, -0.1) is 0 Å². The monoisotopic (exact) mass is 445 g/mol. The number of likely N-dealkylation sites (tertiary alicyclic amines) is 1. The van der Waals surface area contributed by atoms with Gasteiger partial charge in [0.05, 0.1) is 23.1 Å². The summed E-state index contributed by atoms with van der Waals surface area (Å²) in [6.07, 6.45) is 4.96. The molecule has 4 rings (SSSR count). The van der Waals surface area contributed by atoms with Crippen molar-refractivity contribution in [2.45, 2.75) is 26.2 Å². The van der Waals surface area contributed by atoms with Gasteiger partial charge in [0, 0.05) is 24.7 Å². The molecule has 0 bridgehead atoms. The third kappa shape index (κ3) is 5.31. The minimum Gasteiger partial charge on any atom is -0.472 e. The van der Waals surface area contributed by atoms with Gasteiger partial charge in [-0.3, -0.25) is 14.4 Å². The smallest absolute Gasteiger partial charge is 0.257 e. The first-order valence-corrected chi connectivity index (χ1v) is 11.2. The first-order valence-electron chi connectivity index (χ1n) is 11.2. The highest BCUT2D eigenvalue weighted by atomic mass is 16.3. The number of nitrogens with one attached hydrogen (secondary N) is 2. The summed E-state index contributed by atoms with van der Waals surface area (Å²) < 4.78 is 4.99. The number of hydrogen-bond acceptors (Lipinski definition) is 4. The zero-order valence-electron chi connectivity index (χ0n) is 18.5. The third-order valence-corrected chi connectivity index (χ3v) is 5.97. The minimum absolute atomic E-state index is 0.0865. The molecule has 2 N–H and O–H groups in total. The fourth-order valence-electron chi connectivity index (χ4n) is 3.96. The minimum atomic E-state index is -0.282. The number of hydrogen-bond donors (Lipinski definition) is 2. The molecule has 170 valence electrons. The number of carbonyl (C=O) groups is 3. The lowest BCUT2D eigenvalue weighted by molar-refractivity contribution is -0.121. The van der Waals surface area contributed by atoms with E-state index in [0.29, 0.717) is 48.4 Å². The average molecular weight is 446 g/mol. The number of furan rings is 1. The van der Waals surface area contributed by atoms with E-state index in [1.54, 1.807) is 35.2 Å². The number of benzene rings is 2. The molecule has 1 fully saturated rings. The lowest BCUT2D eigenvalue weighted by Gasteiger charge is -2.31. The molecule has 2 heterocycles. The Morgan fingerprint density at radius 3 is 2.36 bits per heavy atom. The molecule has 7 nitrogen and oxygen atoms in total. The molecule has 1 aromatic heterocycles. The quantitative estimate of drug-likeness (QED) is 0.581. The van der Waals surface area contributed by atoms with Crippen LogP contribution >= 0.6 is 0 Å². The molecule has 3 amide bonds. The Morgan fingerprint density at radius 1 is 0.970 bits per heavy atom. The Labute approximate surface area is 192 Å². The SMILES string of the molecule is CCc1ccc(NC(=O)c2ccccc2NC(=O)C2CCN(C(=O)c3ccoc3)CC2)cc1. The second-order valence-electron chi connectivity index (χ2n) is 8.12. The van der Waals surface area contributed by atoms with Gasteiger partial charge in [-0.05, 0) is 55.2 Å². The fourth-order valence-corrected chi connectivity index (χ4v) is 3.96. The van der Waals surface area contributed by atoms with Crippen LogP contribution in [0.25, 0.3) is 0 Å². The van der Waals surface area contributed by atoms with Crippen LogP contribution < -0.4 is 10.6 Å². The van der Waals surface area contributed by atoms with Crippen molar-refractivity contribution in [3.63, 3.8) is 0 Å². The van der Waals surface area contributed by atoms with Crippen molar-refractivity contribution >= 4 is 29.1 Å². The molecule has 0 aliphatic carbocycles. The average Bonchev–Trinajstić information content (AvgIpc) is 3.39. The molecular weight excluding hydrogens is 418 g/mol. The molecule has 1 aliphatic rings. The number of carbonyl (C=O) groups excluding carboxylic acids is 3. The maximum absolute atomic E-state index is 12.9. The number of para-hydroxylation sites is 1. The van der Waals surface area contributed by atoms with Crippen LogP contribution in [-0.4, -0.2) is 35.7 Å². The molecule has 0 saturated carbocycles. The van der Waals surface area contributed by atoms with Crippen LogP contribution in [0.3, 0.4) is 0 Å². The molecule has 0 atom stereocenters. The second-order valence-corrected chi connectivity index (χ2v) is 8.12. The van der Waals surface area contributed by atoms with E-state index >= 15 is 0 Å². The largest absolute Gasteiger partial charge is 0.472 e. The normalized spacial score (nSPS) is 14.0. The van der Waals surface area contributed by atoms with E-state index in [4.69, 9.17) is 4.42 Å². The highest BCUT2D eigenvalue weighted by Crippen LogP contribution is 2.23. The molecule has 0 unspecified atom stereocenters. The molecule has 0 radical (unpaired) electrons. The van der Waals surface area contributed by atoms with Crippen LogP contribution in [0, 0.1) is 5.92 Å². The van der Waals surface area contributed by atoms with Crippen LogP contribution in [-0.2, 0) is 11.2 Å². The lowest BCUT2D eigenvalue weighted by Crippen LogP contribution is -2.41. The number of amides is 3. The standard InChI is InChI=1S/C26H27N3O4/c1-2-18-7-9-21(10-8-18)27-25(31)22-5-3-4-6-23(22)28-24(30)19-11-14-29(15-12-19)26(32)20-13-16-33-17-20/h3-10,13,16-17,19H,2,11-12,14-15H2,1H3,(H,27,31)(H,28,30). The molecule has 33 heavy (non-hydrogen) atoms. The van der Waals surface area contributed by atoms with E-state index in [0.717, 1.165) is 6.42 Å². The summed E-state index contributed by atoms with van der Waals surface area (Å²) >= 11 is 0. The van der Waals surface area contributed by atoms with Crippen LogP contribution in [0.5, 0.6) is 0 Å². The Bertz CT molecular complexity index is 1110. The van der Waals surface area contributed by atoms with Crippen LogP contribution in [0.4, 0.5) is 11.4 Å². The predicted molar refractivity (Wildman–Crippen MR) is 126 cm³/mol. The van der Waals surface area contributed by atoms with Gasteiger partial charge in [-0.1, -0.05) is 31.2 Å². The molecule has 1 saturated heterocycles. The summed E-state index contributed by atoms with van der Waals surface area (Å²) in [6, 6.07) is 16.3. The van der Waals surface area contributed by atoms with Crippen molar-refractivity contribution in [2.75, 3.05) is 23.7 Å². The molecule has 7 heteroatoms. The van der Waals surface area contributed by atoms with Crippen molar-refractivity contribution in [3.8, 4) is 0 Å². The number of anilines is 2. The Kier molecular flexibility index (Phi) is 6.88. The third-order valence-electron chi connectivity index (χ3n) is 5.97. The van der Waals surface area contributed by atoms with Crippen molar-refractivity contribution in [1.29, 1.82) is 0 Å². The number of rotatable bonds is 6. The summed E-state index contributed by atoms with van der Waals surface area (Å²) in [5.74, 6) is -0.735. The zero-order chi connectivity index (χ0) is 23.2. The zero-order valence-corrected chi connectivity index (χ0v) is 18.5. The highest BCUT2D eigenvalue weighted by molar-refractivity contribution is 6.10. The van der Waals surface area contributed by atoms with Gasteiger partial charge < -0.3 is 20.0 Å². The maximum atomic E-state index is 12.9. The lowest BCUT2D eigenvalue weighted by atomic mass is 9.95. The first kappa shape index (κ1) is 22.3. The Hall–Kier alpha value is -3.87. The molecule has 3 aromatic rings. The predicted octanol–water partition coefficient (Wildman–Crippen LogP) is 4.59. The Morgan fingerprint density at radius 2 is 1.70 bits per heavy atom. The van der Waals surface area contributed by atoms with Gasteiger partial charge in [0.25, 0.3) is 11.8 Å². The summed E-state index contributed by atoms with van der Waals surface area (Å²) in [4.78, 5) is 40.0. The number of aryl methyl sites for hydroxylation is 1. The fraction of sp³-hybridized carbons (Fsp3) is 0.269. The number of piperidine rings is 1. The van der Waals surface area contributed by atoms with Crippen molar-refractivity contribution < 1.29 is 18.8 Å². The van der Waals surface area contributed by atoms with E-state index in [1.807, 2.05) is 24.3 Å². The van der Waals surface area contributed by atoms with E-state index in [9.17, 15) is 14.4 Å². The molecule has 0 spiro atoms. The molecule has 1 aliphatic heterocycles. The summed E-state index contributed by atoms with van der Waals surface area (Å²) in [6.45, 7) is 3.07. The van der Waals surface area contributed by atoms with Crippen LogP contribution in [0.15, 0.2) is 71.5 Å². The highest BCUT2D eigenvalue weighted by Gasteiger charge is 2.28. The number of nitrogens with zero attached hydrogens (tertiary/aromatic N) is 1. The first-order chi connectivity index (χ1) is 16.0. The second kappa shape index (κ2) is 10.2. The van der Waals surface area contributed by atoms with Gasteiger partial charge >= 0.3 is 0 Å². The Balaban J connectivity index is 1.36.